The Morgan fingerprint density at radius 3 is 2.90 bits per heavy atom. The summed E-state index contributed by atoms with van der Waals surface area (Å²) in [6, 6.07) is 3.96. The molecule has 0 N–H and O–H groups in total. The van der Waals surface area contributed by atoms with Crippen LogP contribution >= 0.6 is 15.9 Å². The summed E-state index contributed by atoms with van der Waals surface area (Å²) in [4.78, 5) is 7.00. The quantitative estimate of drug-likeness (QED) is 0.788. The number of ether oxygens (including phenoxy) is 2. The van der Waals surface area contributed by atoms with Gasteiger partial charge in [0.1, 0.15) is 5.75 Å². The molecular weight excluding hydrogens is 320 g/mol. The Balaban J connectivity index is 2.10. The fourth-order valence-electron chi connectivity index (χ4n) is 2.75. The van der Waals surface area contributed by atoms with Gasteiger partial charge in [-0.2, -0.15) is 0 Å². The smallest absolute Gasteiger partial charge is 0.122 e. The number of pyridine rings is 1. The number of aromatic nitrogens is 1. The van der Waals surface area contributed by atoms with E-state index in [1.165, 1.54) is 0 Å². The third-order valence-electron chi connectivity index (χ3n) is 3.33. The molecule has 1 aromatic rings. The first-order chi connectivity index (χ1) is 9.41. The second kappa shape index (κ2) is 6.41. The predicted octanol–water partition coefficient (Wildman–Crippen LogP) is 2.77. The van der Waals surface area contributed by atoms with Gasteiger partial charge >= 0.3 is 0 Å². The maximum atomic E-state index is 6.03. The molecule has 112 valence electrons. The number of rotatable bonds is 4. The van der Waals surface area contributed by atoms with Gasteiger partial charge in [0.15, 0.2) is 0 Å². The summed E-state index contributed by atoms with van der Waals surface area (Å²) >= 11 is 3.52. The minimum absolute atomic E-state index is 0.120. The second-order valence-corrected chi connectivity index (χ2v) is 6.61. The average Bonchev–Trinajstić information content (AvgIpc) is 2.35. The van der Waals surface area contributed by atoms with Gasteiger partial charge < -0.3 is 9.47 Å². The third-order valence-corrected chi connectivity index (χ3v) is 4.05. The van der Waals surface area contributed by atoms with E-state index in [1.807, 2.05) is 19.1 Å². The van der Waals surface area contributed by atoms with Crippen LogP contribution in [0.4, 0.5) is 0 Å². The number of aryl methyl sites for hydroxylation is 1. The van der Waals surface area contributed by atoms with Gasteiger partial charge in [-0.15, -0.1) is 0 Å². The van der Waals surface area contributed by atoms with Crippen LogP contribution in [0, 0.1) is 6.92 Å². The fourth-order valence-corrected chi connectivity index (χ4v) is 3.09. The molecule has 2 heterocycles. The van der Waals surface area contributed by atoms with Gasteiger partial charge in [0.05, 0.1) is 24.5 Å². The van der Waals surface area contributed by atoms with Gasteiger partial charge in [0.25, 0.3) is 0 Å². The van der Waals surface area contributed by atoms with Crippen LogP contribution in [0.25, 0.3) is 0 Å². The van der Waals surface area contributed by atoms with Crippen molar-refractivity contribution in [3.05, 3.63) is 23.5 Å². The number of morpholine rings is 1. The molecule has 0 spiro atoms. The Hall–Kier alpha value is -0.650. The lowest BCUT2D eigenvalue weighted by atomic mass is 10.1. The van der Waals surface area contributed by atoms with Crippen LogP contribution in [0.3, 0.4) is 0 Å². The molecule has 4 nitrogen and oxygen atoms in total. The van der Waals surface area contributed by atoms with Gasteiger partial charge in [-0.3, -0.25) is 9.88 Å². The first-order valence-corrected chi connectivity index (χ1v) is 8.02. The number of alkyl halides is 1. The number of halogens is 1. The molecule has 5 heteroatoms. The maximum absolute atomic E-state index is 6.03. The van der Waals surface area contributed by atoms with Crippen molar-refractivity contribution in [1.29, 1.82) is 0 Å². The lowest BCUT2D eigenvalue weighted by Gasteiger charge is -2.42. The summed E-state index contributed by atoms with van der Waals surface area (Å²) in [5.74, 6) is 0.872. The standard InChI is InChI=1S/C15H23BrN2O2/c1-11-5-13(19-4)6-12(17-11)8-18-9-14(7-16)20-15(2,3)10-18/h5-6,14H,7-10H2,1-4H3. The number of methoxy groups -OCH3 is 1. The van der Waals surface area contributed by atoms with E-state index in [2.05, 4.69) is 39.7 Å². The first kappa shape index (κ1) is 15.7. The van der Waals surface area contributed by atoms with Crippen LogP contribution in [0.1, 0.15) is 25.2 Å². The normalized spacial score (nSPS) is 22.8. The molecule has 20 heavy (non-hydrogen) atoms. The molecule has 0 aromatic carbocycles. The highest BCUT2D eigenvalue weighted by Gasteiger charge is 2.32. The number of hydrogen-bond acceptors (Lipinski definition) is 4. The molecule has 0 saturated carbocycles. The highest BCUT2D eigenvalue weighted by atomic mass is 79.9. The Labute approximate surface area is 129 Å². The Bertz CT molecular complexity index is 465. The zero-order valence-electron chi connectivity index (χ0n) is 12.6. The molecule has 0 radical (unpaired) electrons. The van der Waals surface area contributed by atoms with Gasteiger partial charge in [-0.05, 0) is 20.8 Å². The maximum Gasteiger partial charge on any atom is 0.122 e. The van der Waals surface area contributed by atoms with E-state index in [0.29, 0.717) is 0 Å². The van der Waals surface area contributed by atoms with E-state index in [4.69, 9.17) is 9.47 Å². The molecule has 1 aliphatic heterocycles. The van der Waals surface area contributed by atoms with Crippen molar-refractivity contribution < 1.29 is 9.47 Å². The minimum atomic E-state index is -0.120. The largest absolute Gasteiger partial charge is 0.497 e. The average molecular weight is 343 g/mol. The van der Waals surface area contributed by atoms with Crippen LogP contribution < -0.4 is 4.74 Å². The molecule has 1 fully saturated rings. The second-order valence-electron chi connectivity index (χ2n) is 5.96. The lowest BCUT2D eigenvalue weighted by Crippen LogP contribution is -2.52. The van der Waals surface area contributed by atoms with Crippen molar-refractivity contribution in [1.82, 2.24) is 9.88 Å². The van der Waals surface area contributed by atoms with Gasteiger partial charge in [0.2, 0.25) is 0 Å². The van der Waals surface area contributed by atoms with Crippen molar-refractivity contribution >= 4 is 15.9 Å². The van der Waals surface area contributed by atoms with Crippen molar-refractivity contribution in [2.45, 2.75) is 39.0 Å². The van der Waals surface area contributed by atoms with Gasteiger partial charge in [-0.25, -0.2) is 0 Å². The van der Waals surface area contributed by atoms with Crippen LogP contribution in [0.5, 0.6) is 5.75 Å². The number of nitrogens with zero attached hydrogens (tertiary/aromatic N) is 2. The molecule has 1 aromatic heterocycles. The summed E-state index contributed by atoms with van der Waals surface area (Å²) in [6.07, 6.45) is 0.227. The van der Waals surface area contributed by atoms with E-state index >= 15 is 0 Å². The van der Waals surface area contributed by atoms with E-state index < -0.39 is 0 Å². The van der Waals surface area contributed by atoms with Crippen molar-refractivity contribution in [3.63, 3.8) is 0 Å². The van der Waals surface area contributed by atoms with Crippen LogP contribution in [0.15, 0.2) is 12.1 Å². The summed E-state index contributed by atoms with van der Waals surface area (Å²) < 4.78 is 11.3. The minimum Gasteiger partial charge on any atom is -0.497 e. The summed E-state index contributed by atoms with van der Waals surface area (Å²) in [6.45, 7) is 8.93. The Kier molecular flexibility index (Phi) is 5.04. The summed E-state index contributed by atoms with van der Waals surface area (Å²) in [5, 5.41) is 0.859. The molecular formula is C15H23BrN2O2. The summed E-state index contributed by atoms with van der Waals surface area (Å²) in [7, 11) is 1.69. The molecule has 1 atom stereocenters. The zero-order chi connectivity index (χ0) is 14.8. The molecule has 0 aliphatic carbocycles. The fraction of sp³-hybridized carbons (Fsp3) is 0.667. The highest BCUT2D eigenvalue weighted by Crippen LogP contribution is 2.24. The van der Waals surface area contributed by atoms with Crippen LogP contribution in [-0.2, 0) is 11.3 Å². The third kappa shape index (κ3) is 4.17. The molecule has 1 aliphatic rings. The van der Waals surface area contributed by atoms with E-state index in [1.54, 1.807) is 7.11 Å². The Morgan fingerprint density at radius 2 is 2.25 bits per heavy atom. The van der Waals surface area contributed by atoms with Crippen molar-refractivity contribution in [2.24, 2.45) is 0 Å². The van der Waals surface area contributed by atoms with Crippen LogP contribution in [0.2, 0.25) is 0 Å². The summed E-state index contributed by atoms with van der Waals surface area (Å²) in [5.41, 5.74) is 1.92. The van der Waals surface area contributed by atoms with Gasteiger partial charge in [0, 0.05) is 42.8 Å². The van der Waals surface area contributed by atoms with Crippen LogP contribution in [-0.4, -0.2) is 47.1 Å². The molecule has 0 amide bonds. The monoisotopic (exact) mass is 342 g/mol. The van der Waals surface area contributed by atoms with Crippen molar-refractivity contribution in [3.8, 4) is 5.75 Å². The molecule has 0 bridgehead atoms. The van der Waals surface area contributed by atoms with Gasteiger partial charge in [-0.1, -0.05) is 15.9 Å². The van der Waals surface area contributed by atoms with Crippen molar-refractivity contribution in [2.75, 3.05) is 25.5 Å². The molecule has 1 unspecified atom stereocenters. The Morgan fingerprint density at radius 1 is 1.50 bits per heavy atom. The van der Waals surface area contributed by atoms with E-state index in [9.17, 15) is 0 Å². The predicted molar refractivity (Wildman–Crippen MR) is 83.5 cm³/mol. The van der Waals surface area contributed by atoms with E-state index in [-0.39, 0.29) is 11.7 Å². The lowest BCUT2D eigenvalue weighted by molar-refractivity contribution is -0.128. The topological polar surface area (TPSA) is 34.6 Å². The SMILES string of the molecule is COc1cc(C)nc(CN2CC(CBr)OC(C)(C)C2)c1. The number of hydrogen-bond donors (Lipinski definition) is 0. The van der Waals surface area contributed by atoms with E-state index in [0.717, 1.165) is 42.1 Å². The molecule has 1 saturated heterocycles. The zero-order valence-corrected chi connectivity index (χ0v) is 14.2. The molecule has 2 rings (SSSR count). The first-order valence-electron chi connectivity index (χ1n) is 6.89. The highest BCUT2D eigenvalue weighted by molar-refractivity contribution is 9.09.